The Kier molecular flexibility index (Phi) is 5.30. The molecule has 0 aliphatic carbocycles. The second-order valence-corrected chi connectivity index (χ2v) is 5.64. The van der Waals surface area contributed by atoms with Gasteiger partial charge in [0.25, 0.3) is 0 Å². The van der Waals surface area contributed by atoms with Crippen LogP contribution in [0, 0.1) is 0 Å². The summed E-state index contributed by atoms with van der Waals surface area (Å²) in [6.07, 6.45) is 7.19. The lowest BCUT2D eigenvalue weighted by molar-refractivity contribution is 0.0637. The van der Waals surface area contributed by atoms with E-state index in [9.17, 15) is 0 Å². The van der Waals surface area contributed by atoms with Crippen LogP contribution in [-0.4, -0.2) is 51.6 Å². The molecule has 6 heteroatoms. The summed E-state index contributed by atoms with van der Waals surface area (Å²) >= 11 is 7.01. The van der Waals surface area contributed by atoms with Gasteiger partial charge in [-0.1, -0.05) is 12.2 Å². The van der Waals surface area contributed by atoms with Crippen LogP contribution in [-0.2, 0) is 4.74 Å². The van der Waals surface area contributed by atoms with Crippen LogP contribution < -0.4 is 0 Å². The molecule has 1 fully saturated rings. The number of hydrogen-bond acceptors (Lipinski definition) is 6. The number of ether oxygens (including phenoxy) is 1. The van der Waals surface area contributed by atoms with E-state index in [0.717, 1.165) is 47.5 Å². The summed E-state index contributed by atoms with van der Waals surface area (Å²) in [7, 11) is 0. The molecule has 0 atom stereocenters. The average molecular weight is 295 g/mol. The van der Waals surface area contributed by atoms with E-state index < -0.39 is 0 Å². The molecule has 1 aliphatic heterocycles. The van der Waals surface area contributed by atoms with Crippen molar-refractivity contribution in [1.29, 1.82) is 0 Å². The molecule has 102 valence electrons. The zero-order chi connectivity index (χ0) is 13.7. The van der Waals surface area contributed by atoms with Gasteiger partial charge < -0.3 is 9.64 Å². The van der Waals surface area contributed by atoms with Gasteiger partial charge in [0, 0.05) is 25.5 Å². The van der Waals surface area contributed by atoms with Gasteiger partial charge in [0.15, 0.2) is 0 Å². The van der Waals surface area contributed by atoms with Crippen molar-refractivity contribution >= 4 is 33.9 Å². The smallest absolute Gasteiger partial charge is 0.105 e. The molecule has 2 rings (SSSR count). The van der Waals surface area contributed by atoms with Crippen LogP contribution in [0.1, 0.15) is 12.6 Å². The highest BCUT2D eigenvalue weighted by molar-refractivity contribution is 8.23. The second kappa shape index (κ2) is 6.98. The Labute approximate surface area is 123 Å². The molecule has 1 aromatic rings. The normalized spacial score (nSPS) is 17.1. The molecule has 1 saturated heterocycles. The van der Waals surface area contributed by atoms with Crippen LogP contribution >= 0.6 is 24.0 Å². The summed E-state index contributed by atoms with van der Waals surface area (Å²) in [5.41, 5.74) is 3.04. The van der Waals surface area contributed by atoms with Gasteiger partial charge in [-0.25, -0.2) is 0 Å². The SMILES string of the molecule is CSC(=S)/C(C)=C(\c1cnccn1)N1CCOCC1. The standard InChI is InChI=1S/C13H17N3OS2/c1-10(13(18)19-2)12(11-9-14-3-4-15-11)16-5-7-17-8-6-16/h3-4,9H,5-8H2,1-2H3/b12-10+. The highest BCUT2D eigenvalue weighted by Crippen LogP contribution is 2.25. The highest BCUT2D eigenvalue weighted by atomic mass is 32.2. The minimum Gasteiger partial charge on any atom is -0.378 e. The highest BCUT2D eigenvalue weighted by Gasteiger charge is 2.20. The third-order valence-corrected chi connectivity index (χ3v) is 4.46. The molecule has 1 aliphatic rings. The Hall–Kier alpha value is -0.980. The van der Waals surface area contributed by atoms with E-state index in [1.165, 1.54) is 0 Å². The zero-order valence-corrected chi connectivity index (χ0v) is 12.8. The van der Waals surface area contributed by atoms with E-state index in [4.69, 9.17) is 17.0 Å². The van der Waals surface area contributed by atoms with Crippen molar-refractivity contribution in [1.82, 2.24) is 14.9 Å². The van der Waals surface area contributed by atoms with E-state index in [1.807, 2.05) is 6.26 Å². The summed E-state index contributed by atoms with van der Waals surface area (Å²) in [5.74, 6) is 0. The Balaban J connectivity index is 2.41. The van der Waals surface area contributed by atoms with Gasteiger partial charge in [0.2, 0.25) is 0 Å². The minimum absolute atomic E-state index is 0.739. The molecule has 0 N–H and O–H groups in total. The molecule has 0 amide bonds. The molecule has 1 aromatic heterocycles. The summed E-state index contributed by atoms with van der Waals surface area (Å²) < 4.78 is 6.31. The van der Waals surface area contributed by atoms with E-state index in [0.29, 0.717) is 0 Å². The van der Waals surface area contributed by atoms with Gasteiger partial charge in [-0.3, -0.25) is 9.97 Å². The Bertz CT molecular complexity index is 470. The topological polar surface area (TPSA) is 38.2 Å². The largest absolute Gasteiger partial charge is 0.378 e. The molecule has 0 radical (unpaired) electrons. The lowest BCUT2D eigenvalue weighted by Gasteiger charge is -2.32. The maximum absolute atomic E-state index is 5.42. The Morgan fingerprint density at radius 1 is 1.37 bits per heavy atom. The van der Waals surface area contributed by atoms with Crippen molar-refractivity contribution in [2.75, 3.05) is 32.6 Å². The summed E-state index contributed by atoms with van der Waals surface area (Å²) in [6.45, 7) is 5.25. The molecular weight excluding hydrogens is 278 g/mol. The maximum Gasteiger partial charge on any atom is 0.105 e. The Morgan fingerprint density at radius 2 is 2.11 bits per heavy atom. The van der Waals surface area contributed by atoms with Gasteiger partial charge in [-0.05, 0) is 18.8 Å². The molecule has 0 aromatic carbocycles. The third-order valence-electron chi connectivity index (χ3n) is 2.98. The van der Waals surface area contributed by atoms with Crippen LogP contribution in [0.15, 0.2) is 24.2 Å². The van der Waals surface area contributed by atoms with Crippen molar-refractivity contribution < 1.29 is 4.74 Å². The van der Waals surface area contributed by atoms with E-state index in [2.05, 4.69) is 21.8 Å². The van der Waals surface area contributed by atoms with E-state index in [-0.39, 0.29) is 0 Å². The number of thioether (sulfide) groups is 1. The fourth-order valence-electron chi connectivity index (χ4n) is 2.05. The quantitative estimate of drug-likeness (QED) is 0.629. The van der Waals surface area contributed by atoms with Crippen molar-refractivity contribution in [3.05, 3.63) is 29.9 Å². The predicted molar refractivity (Wildman–Crippen MR) is 83.1 cm³/mol. The molecule has 0 spiro atoms. The van der Waals surface area contributed by atoms with Crippen molar-refractivity contribution in [3.63, 3.8) is 0 Å². The lowest BCUT2D eigenvalue weighted by atomic mass is 10.1. The number of morpholine rings is 1. The van der Waals surface area contributed by atoms with Gasteiger partial charge in [-0.15, -0.1) is 11.8 Å². The zero-order valence-electron chi connectivity index (χ0n) is 11.1. The van der Waals surface area contributed by atoms with Crippen LogP contribution in [0.25, 0.3) is 5.70 Å². The summed E-state index contributed by atoms with van der Waals surface area (Å²) in [4.78, 5) is 10.9. The first-order valence-electron chi connectivity index (χ1n) is 6.12. The Morgan fingerprint density at radius 3 is 2.68 bits per heavy atom. The van der Waals surface area contributed by atoms with Crippen molar-refractivity contribution in [3.8, 4) is 0 Å². The molecule has 2 heterocycles. The molecule has 4 nitrogen and oxygen atoms in total. The van der Waals surface area contributed by atoms with Gasteiger partial charge in [0.1, 0.15) is 5.69 Å². The number of nitrogens with zero attached hydrogens (tertiary/aromatic N) is 3. The number of hydrogen-bond donors (Lipinski definition) is 0. The molecule has 0 saturated carbocycles. The number of rotatable bonds is 3. The predicted octanol–water partition coefficient (Wildman–Crippen LogP) is 2.23. The number of aromatic nitrogens is 2. The van der Waals surface area contributed by atoms with Crippen LogP contribution in [0.3, 0.4) is 0 Å². The van der Waals surface area contributed by atoms with Gasteiger partial charge in [-0.2, -0.15) is 0 Å². The fourth-order valence-corrected chi connectivity index (χ4v) is 2.55. The summed E-state index contributed by atoms with van der Waals surface area (Å²) in [6, 6.07) is 0. The lowest BCUT2D eigenvalue weighted by Crippen LogP contribution is -2.36. The second-order valence-electron chi connectivity index (χ2n) is 4.16. The first-order valence-corrected chi connectivity index (χ1v) is 7.75. The first-order chi connectivity index (χ1) is 9.24. The first kappa shape index (κ1) is 14.4. The molecular formula is C13H17N3OS2. The van der Waals surface area contributed by atoms with E-state index in [1.54, 1.807) is 30.4 Å². The van der Waals surface area contributed by atoms with Crippen molar-refractivity contribution in [2.45, 2.75) is 6.92 Å². The maximum atomic E-state index is 5.42. The minimum atomic E-state index is 0.739. The van der Waals surface area contributed by atoms with Crippen molar-refractivity contribution in [2.24, 2.45) is 0 Å². The third kappa shape index (κ3) is 3.52. The molecule has 0 unspecified atom stereocenters. The van der Waals surface area contributed by atoms with Gasteiger partial charge in [0.05, 0.1) is 29.3 Å². The van der Waals surface area contributed by atoms with Crippen LogP contribution in [0.5, 0.6) is 0 Å². The fraction of sp³-hybridized carbons (Fsp3) is 0.462. The molecule has 19 heavy (non-hydrogen) atoms. The monoisotopic (exact) mass is 295 g/mol. The average Bonchev–Trinajstić information content (AvgIpc) is 2.49. The van der Waals surface area contributed by atoms with Crippen LogP contribution in [0.2, 0.25) is 0 Å². The summed E-state index contributed by atoms with van der Waals surface area (Å²) in [5, 5.41) is 0. The van der Waals surface area contributed by atoms with E-state index >= 15 is 0 Å². The van der Waals surface area contributed by atoms with Crippen LogP contribution in [0.4, 0.5) is 0 Å². The number of thiocarbonyl (C=S) groups is 1. The molecule has 0 bridgehead atoms. The van der Waals surface area contributed by atoms with Gasteiger partial charge >= 0.3 is 0 Å².